The van der Waals surface area contributed by atoms with Gasteiger partial charge in [0.2, 0.25) is 5.91 Å². The monoisotopic (exact) mass is 402 g/mol. The summed E-state index contributed by atoms with van der Waals surface area (Å²) in [6.45, 7) is 2.20. The maximum Gasteiger partial charge on any atom is 0.417 e. The summed E-state index contributed by atoms with van der Waals surface area (Å²) in [6, 6.07) is 3.28. The van der Waals surface area contributed by atoms with Crippen LogP contribution in [0, 0.1) is 11.8 Å². The predicted octanol–water partition coefficient (Wildman–Crippen LogP) is 2.94. The molecule has 2 bridgehead atoms. The minimum atomic E-state index is -4.61. The van der Waals surface area contributed by atoms with E-state index in [2.05, 4.69) is 0 Å². The lowest BCUT2D eigenvalue weighted by Gasteiger charge is -2.44. The quantitative estimate of drug-likeness (QED) is 0.784. The van der Waals surface area contributed by atoms with Crippen LogP contribution in [0.2, 0.25) is 5.02 Å². The molecule has 9 heteroatoms. The van der Waals surface area contributed by atoms with Gasteiger partial charge in [-0.2, -0.15) is 13.2 Å². The summed E-state index contributed by atoms with van der Waals surface area (Å²) in [6.07, 6.45) is -4.17. The second kappa shape index (κ2) is 5.17. The summed E-state index contributed by atoms with van der Waals surface area (Å²) in [7, 11) is 0. The van der Waals surface area contributed by atoms with E-state index in [0.29, 0.717) is 19.4 Å². The number of anilines is 1. The Morgan fingerprint density at radius 1 is 1.37 bits per heavy atom. The van der Waals surface area contributed by atoms with Crippen LogP contribution in [0.25, 0.3) is 0 Å². The Balaban J connectivity index is 1.62. The highest BCUT2D eigenvalue weighted by Gasteiger charge is 2.77. The Morgan fingerprint density at radius 2 is 2.11 bits per heavy atom. The minimum absolute atomic E-state index is 0.129. The van der Waals surface area contributed by atoms with Crippen LogP contribution in [-0.4, -0.2) is 36.0 Å². The highest BCUT2D eigenvalue weighted by Crippen LogP contribution is 2.64. The molecule has 4 heterocycles. The van der Waals surface area contributed by atoms with Gasteiger partial charge in [-0.1, -0.05) is 11.6 Å². The van der Waals surface area contributed by atoms with Crippen molar-refractivity contribution in [3.8, 4) is 0 Å². The molecule has 4 unspecified atom stereocenters. The van der Waals surface area contributed by atoms with Crippen LogP contribution >= 0.6 is 11.6 Å². The van der Waals surface area contributed by atoms with E-state index < -0.39 is 40.1 Å². The molecule has 6 atom stereocenters. The zero-order valence-electron chi connectivity index (χ0n) is 14.4. The maximum absolute atomic E-state index is 13.3. The van der Waals surface area contributed by atoms with Crippen LogP contribution < -0.4 is 10.6 Å². The number of nitrogens with zero attached hydrogens (tertiary/aromatic N) is 1. The molecule has 1 spiro atoms. The Labute approximate surface area is 158 Å². The molecule has 4 aliphatic rings. The molecule has 4 fully saturated rings. The molecule has 1 aromatic carbocycles. The first-order valence-electron chi connectivity index (χ1n) is 8.86. The number of alkyl halides is 3. The summed E-state index contributed by atoms with van der Waals surface area (Å²) in [5, 5.41) is -0.406. The van der Waals surface area contributed by atoms with E-state index in [1.165, 1.54) is 11.0 Å². The van der Waals surface area contributed by atoms with Crippen molar-refractivity contribution in [1.82, 2.24) is 0 Å². The van der Waals surface area contributed by atoms with Gasteiger partial charge in [0.05, 0.1) is 34.3 Å². The lowest BCUT2D eigenvalue weighted by molar-refractivity contribution is -0.142. The van der Waals surface area contributed by atoms with E-state index in [1.807, 2.05) is 6.92 Å². The molecule has 2 N–H and O–H groups in total. The number of rotatable bonds is 1. The number of carbonyl (C=O) groups excluding carboxylic acids is 1. The third kappa shape index (κ3) is 2.10. The van der Waals surface area contributed by atoms with Crippen LogP contribution in [0.3, 0.4) is 0 Å². The number of halogens is 4. The van der Waals surface area contributed by atoms with Crippen molar-refractivity contribution < 1.29 is 27.4 Å². The molecule has 4 saturated heterocycles. The Kier molecular flexibility index (Phi) is 3.39. The van der Waals surface area contributed by atoms with Crippen LogP contribution in [0.4, 0.5) is 18.9 Å². The molecule has 146 valence electrons. The third-order valence-electron chi connectivity index (χ3n) is 6.64. The zero-order valence-corrected chi connectivity index (χ0v) is 15.2. The normalized spacial score (nSPS) is 42.7. The van der Waals surface area contributed by atoms with Gasteiger partial charge < -0.3 is 15.2 Å². The summed E-state index contributed by atoms with van der Waals surface area (Å²) >= 11 is 5.73. The number of carbonyl (C=O) groups is 1. The van der Waals surface area contributed by atoms with Gasteiger partial charge in [0.1, 0.15) is 6.23 Å². The zero-order chi connectivity index (χ0) is 19.4. The molecule has 1 amide bonds. The van der Waals surface area contributed by atoms with Gasteiger partial charge in [0, 0.05) is 24.1 Å². The van der Waals surface area contributed by atoms with Gasteiger partial charge >= 0.3 is 6.18 Å². The SMILES string of the molecule is CC12CC(N)C3(CCOC4[C@@H]3[C@@H]1C(=O)N4c1ccc(Cl)c(C(F)(F)F)c1)O2. The molecular formula is C18H18ClF3N2O3. The van der Waals surface area contributed by atoms with Gasteiger partial charge in [0.25, 0.3) is 0 Å². The standard InChI is InChI=1S/C18H18ClF3N2O3/c1-16-7-11(23)17(27-16)4-5-26-15-13(17)12(16)14(25)24(15)8-2-3-10(19)9(6-8)18(20,21)22/h2-3,6,11-13,15H,4-5,7,23H2,1H3/t11?,12-,13+,15?,16?,17?/m1/s1. The van der Waals surface area contributed by atoms with Gasteiger partial charge in [-0.3, -0.25) is 9.69 Å². The summed E-state index contributed by atoms with van der Waals surface area (Å²) in [5.41, 5.74) is 4.13. The Morgan fingerprint density at radius 3 is 2.81 bits per heavy atom. The second-order valence-electron chi connectivity index (χ2n) is 8.07. The average Bonchev–Trinajstić information content (AvgIpc) is 3.11. The van der Waals surface area contributed by atoms with E-state index in [1.54, 1.807) is 0 Å². The van der Waals surface area contributed by atoms with Crippen LogP contribution in [0.5, 0.6) is 0 Å². The van der Waals surface area contributed by atoms with Crippen LogP contribution in [0.15, 0.2) is 18.2 Å². The first-order chi connectivity index (χ1) is 12.6. The van der Waals surface area contributed by atoms with Crippen molar-refractivity contribution in [1.29, 1.82) is 0 Å². The minimum Gasteiger partial charge on any atom is -0.366 e. The van der Waals surface area contributed by atoms with Gasteiger partial charge in [-0.25, -0.2) is 0 Å². The number of fused-ring (bicyclic) bond motifs is 2. The smallest absolute Gasteiger partial charge is 0.366 e. The van der Waals surface area contributed by atoms with Gasteiger partial charge in [-0.05, 0) is 31.5 Å². The summed E-state index contributed by atoms with van der Waals surface area (Å²) in [4.78, 5) is 14.6. The number of amides is 1. The van der Waals surface area contributed by atoms with Crippen molar-refractivity contribution in [3.63, 3.8) is 0 Å². The lowest BCUT2D eigenvalue weighted by Crippen LogP contribution is -2.59. The van der Waals surface area contributed by atoms with Crippen molar-refractivity contribution >= 4 is 23.2 Å². The topological polar surface area (TPSA) is 64.8 Å². The molecule has 27 heavy (non-hydrogen) atoms. The number of benzene rings is 1. The molecule has 5 nitrogen and oxygen atoms in total. The van der Waals surface area contributed by atoms with E-state index in [-0.39, 0.29) is 23.6 Å². The van der Waals surface area contributed by atoms with Crippen molar-refractivity contribution in [2.45, 2.75) is 49.4 Å². The average molecular weight is 403 g/mol. The van der Waals surface area contributed by atoms with Crippen molar-refractivity contribution in [2.75, 3.05) is 11.5 Å². The molecule has 0 aromatic heterocycles. The number of hydrogen-bond acceptors (Lipinski definition) is 4. The lowest BCUT2D eigenvalue weighted by atomic mass is 9.64. The highest BCUT2D eigenvalue weighted by atomic mass is 35.5. The fourth-order valence-electron chi connectivity index (χ4n) is 5.66. The van der Waals surface area contributed by atoms with Crippen molar-refractivity contribution in [3.05, 3.63) is 28.8 Å². The fourth-order valence-corrected chi connectivity index (χ4v) is 5.88. The van der Waals surface area contributed by atoms with Crippen LogP contribution in [0.1, 0.15) is 25.3 Å². The second-order valence-corrected chi connectivity index (χ2v) is 8.47. The van der Waals surface area contributed by atoms with E-state index in [0.717, 1.165) is 12.1 Å². The molecule has 1 aromatic rings. The molecule has 4 aliphatic heterocycles. The highest BCUT2D eigenvalue weighted by molar-refractivity contribution is 6.31. The molecular weight excluding hydrogens is 385 g/mol. The Hall–Kier alpha value is -1.35. The fraction of sp³-hybridized carbons (Fsp3) is 0.611. The number of hydrogen-bond donors (Lipinski definition) is 1. The summed E-state index contributed by atoms with van der Waals surface area (Å²) < 4.78 is 52.0. The van der Waals surface area contributed by atoms with Crippen LogP contribution in [-0.2, 0) is 20.4 Å². The first kappa shape index (κ1) is 17.7. The van der Waals surface area contributed by atoms with E-state index in [9.17, 15) is 18.0 Å². The van der Waals surface area contributed by atoms with E-state index >= 15 is 0 Å². The van der Waals surface area contributed by atoms with Crippen molar-refractivity contribution in [2.24, 2.45) is 17.6 Å². The largest absolute Gasteiger partial charge is 0.417 e. The number of ether oxygens (including phenoxy) is 2. The Bertz CT molecular complexity index is 850. The van der Waals surface area contributed by atoms with Gasteiger partial charge in [-0.15, -0.1) is 0 Å². The molecule has 5 rings (SSSR count). The molecule has 0 aliphatic carbocycles. The van der Waals surface area contributed by atoms with E-state index in [4.69, 9.17) is 26.8 Å². The molecule has 0 radical (unpaired) electrons. The van der Waals surface area contributed by atoms with Gasteiger partial charge in [0.15, 0.2) is 0 Å². The predicted molar refractivity (Wildman–Crippen MR) is 90.1 cm³/mol. The summed E-state index contributed by atoms with van der Waals surface area (Å²) in [5.74, 6) is -1.05. The maximum atomic E-state index is 13.3. The first-order valence-corrected chi connectivity index (χ1v) is 9.23. The number of nitrogens with two attached hydrogens (primary N) is 1. The third-order valence-corrected chi connectivity index (χ3v) is 6.97. The molecule has 0 saturated carbocycles.